The maximum Gasteiger partial charge on any atom is 0.258 e. The number of aryl methyl sites for hydroxylation is 2. The molecule has 8 heteroatoms. The average Bonchev–Trinajstić information content (AvgIpc) is 3.15. The number of hydrogen-bond donors (Lipinski definition) is 0. The van der Waals surface area contributed by atoms with Crippen LogP contribution in [-0.4, -0.2) is 48.3 Å². The van der Waals surface area contributed by atoms with Crippen molar-refractivity contribution in [2.75, 3.05) is 19.6 Å². The van der Waals surface area contributed by atoms with E-state index in [1.807, 2.05) is 20.0 Å². The summed E-state index contributed by atoms with van der Waals surface area (Å²) in [5.74, 6) is -0.102. The molecule has 1 aliphatic rings. The fraction of sp³-hybridized carbons (Fsp3) is 0.391. The number of aromatic nitrogens is 5. The topological polar surface area (TPSA) is 67.8 Å². The van der Waals surface area contributed by atoms with Gasteiger partial charge in [0.1, 0.15) is 0 Å². The van der Waals surface area contributed by atoms with Gasteiger partial charge < -0.3 is 9.30 Å². The van der Waals surface area contributed by atoms with Crippen LogP contribution in [-0.2, 0) is 0 Å². The second-order valence-corrected chi connectivity index (χ2v) is 8.32. The second-order valence-electron chi connectivity index (χ2n) is 8.32. The fourth-order valence-electron chi connectivity index (χ4n) is 4.48. The third kappa shape index (κ3) is 3.50. The molecule has 1 saturated heterocycles. The first-order valence-corrected chi connectivity index (χ1v) is 10.7. The van der Waals surface area contributed by atoms with Gasteiger partial charge in [0.05, 0.1) is 22.8 Å². The van der Waals surface area contributed by atoms with Gasteiger partial charge in [-0.25, -0.2) is 14.4 Å². The van der Waals surface area contributed by atoms with E-state index in [1.165, 1.54) is 12.1 Å². The van der Waals surface area contributed by atoms with E-state index in [1.54, 1.807) is 21.2 Å². The Labute approximate surface area is 179 Å². The van der Waals surface area contributed by atoms with Crippen molar-refractivity contribution >= 4 is 11.3 Å². The molecule has 0 unspecified atom stereocenters. The molecule has 0 aromatic carbocycles. The van der Waals surface area contributed by atoms with Gasteiger partial charge in [0.25, 0.3) is 5.56 Å². The molecule has 0 N–H and O–H groups in total. The highest BCUT2D eigenvalue weighted by molar-refractivity contribution is 5.64. The molecule has 0 radical (unpaired) electrons. The third-order valence-corrected chi connectivity index (χ3v) is 6.21. The van der Waals surface area contributed by atoms with Gasteiger partial charge in [0.15, 0.2) is 17.1 Å². The summed E-state index contributed by atoms with van der Waals surface area (Å²) >= 11 is 0. The van der Waals surface area contributed by atoms with Crippen LogP contribution >= 0.6 is 0 Å². The third-order valence-electron chi connectivity index (χ3n) is 6.21. The molecule has 1 aliphatic heterocycles. The first kappa shape index (κ1) is 19.8. The number of hydrogen-bond acceptors (Lipinski definition) is 5. The van der Waals surface area contributed by atoms with Gasteiger partial charge in [-0.15, -0.1) is 0 Å². The number of piperidine rings is 1. The number of rotatable bonds is 3. The van der Waals surface area contributed by atoms with E-state index < -0.39 is 5.82 Å². The number of nitrogens with zero attached hydrogens (tertiary/aromatic N) is 6. The standard InChI is InChI=1S/C23H25FN6O/c1-4-28-7-5-16(6-8-28)20-13-30-21(31)10-19(27-22(30)15(3)26-20)17-9-18(24)23-25-14(2)11-29(23)12-17/h9-13,16H,4-8H2,1-3H3. The van der Waals surface area contributed by atoms with E-state index in [2.05, 4.69) is 21.8 Å². The van der Waals surface area contributed by atoms with Crippen LogP contribution in [0.3, 0.4) is 0 Å². The minimum atomic E-state index is -0.448. The fourth-order valence-corrected chi connectivity index (χ4v) is 4.48. The summed E-state index contributed by atoms with van der Waals surface area (Å²) in [6.45, 7) is 9.03. The molecule has 7 nitrogen and oxygen atoms in total. The Morgan fingerprint density at radius 1 is 1.03 bits per heavy atom. The molecule has 5 heterocycles. The lowest BCUT2D eigenvalue weighted by Crippen LogP contribution is -2.33. The molecule has 0 saturated carbocycles. The molecule has 160 valence electrons. The maximum absolute atomic E-state index is 14.5. The Balaban J connectivity index is 1.57. The molecule has 31 heavy (non-hydrogen) atoms. The van der Waals surface area contributed by atoms with Gasteiger partial charge >= 0.3 is 0 Å². The zero-order chi connectivity index (χ0) is 21.7. The SMILES string of the molecule is CCN1CCC(c2cn3c(=O)cc(-c4cc(F)c5nc(C)cn5c4)nc3c(C)n2)CC1. The van der Waals surface area contributed by atoms with E-state index in [-0.39, 0.29) is 11.2 Å². The molecule has 1 fully saturated rings. The molecular formula is C23H25FN6O. The van der Waals surface area contributed by atoms with Crippen molar-refractivity contribution < 1.29 is 4.39 Å². The van der Waals surface area contributed by atoms with Crippen LogP contribution < -0.4 is 5.56 Å². The monoisotopic (exact) mass is 420 g/mol. The Bertz CT molecular complexity index is 1350. The summed E-state index contributed by atoms with van der Waals surface area (Å²) in [7, 11) is 0. The number of imidazole rings is 1. The molecule has 0 aliphatic carbocycles. The number of fused-ring (bicyclic) bond motifs is 2. The predicted molar refractivity (Wildman–Crippen MR) is 117 cm³/mol. The zero-order valence-corrected chi connectivity index (χ0v) is 18.0. The van der Waals surface area contributed by atoms with Crippen molar-refractivity contribution in [3.63, 3.8) is 0 Å². The van der Waals surface area contributed by atoms with Crippen molar-refractivity contribution in [1.82, 2.24) is 28.7 Å². The number of pyridine rings is 1. The van der Waals surface area contributed by atoms with Crippen LogP contribution in [0.5, 0.6) is 0 Å². The lowest BCUT2D eigenvalue weighted by molar-refractivity contribution is 0.220. The Morgan fingerprint density at radius 3 is 2.55 bits per heavy atom. The van der Waals surface area contributed by atoms with Gasteiger partial charge in [0.2, 0.25) is 0 Å². The summed E-state index contributed by atoms with van der Waals surface area (Å²) in [5.41, 5.74) is 3.88. The molecule has 0 amide bonds. The largest absolute Gasteiger partial charge is 0.304 e. The van der Waals surface area contributed by atoms with Crippen molar-refractivity contribution in [3.05, 3.63) is 64.0 Å². The van der Waals surface area contributed by atoms with Crippen molar-refractivity contribution in [3.8, 4) is 11.3 Å². The normalized spacial score (nSPS) is 15.9. The highest BCUT2D eigenvalue weighted by Gasteiger charge is 2.22. The summed E-state index contributed by atoms with van der Waals surface area (Å²) in [6.07, 6.45) is 7.40. The van der Waals surface area contributed by atoms with Crippen LogP contribution in [0.2, 0.25) is 0 Å². The van der Waals surface area contributed by atoms with Crippen molar-refractivity contribution in [1.29, 1.82) is 0 Å². The predicted octanol–water partition coefficient (Wildman–Crippen LogP) is 3.36. The summed E-state index contributed by atoms with van der Waals surface area (Å²) in [4.78, 5) is 29.1. The molecule has 5 rings (SSSR count). The van der Waals surface area contributed by atoms with Gasteiger partial charge in [-0.2, -0.15) is 0 Å². The van der Waals surface area contributed by atoms with Crippen LogP contribution in [0.1, 0.15) is 42.8 Å². The highest BCUT2D eigenvalue weighted by Crippen LogP contribution is 2.27. The summed E-state index contributed by atoms with van der Waals surface area (Å²) in [5, 5.41) is 0. The van der Waals surface area contributed by atoms with E-state index in [9.17, 15) is 9.18 Å². The summed E-state index contributed by atoms with van der Waals surface area (Å²) in [6, 6.07) is 2.83. The molecule has 4 aromatic heterocycles. The first-order valence-electron chi connectivity index (χ1n) is 10.7. The smallest absolute Gasteiger partial charge is 0.258 e. The lowest BCUT2D eigenvalue weighted by atomic mass is 9.93. The molecule has 4 aromatic rings. The van der Waals surface area contributed by atoms with Gasteiger partial charge in [0, 0.05) is 36.1 Å². The minimum Gasteiger partial charge on any atom is -0.304 e. The Hall–Kier alpha value is -3.13. The van der Waals surface area contributed by atoms with Crippen LogP contribution in [0.4, 0.5) is 4.39 Å². The highest BCUT2D eigenvalue weighted by atomic mass is 19.1. The second kappa shape index (κ2) is 7.53. The van der Waals surface area contributed by atoms with Gasteiger partial charge in [-0.3, -0.25) is 14.2 Å². The van der Waals surface area contributed by atoms with Crippen LogP contribution in [0, 0.1) is 19.7 Å². The van der Waals surface area contributed by atoms with Crippen LogP contribution in [0.25, 0.3) is 22.6 Å². The van der Waals surface area contributed by atoms with E-state index in [0.29, 0.717) is 28.5 Å². The molecular weight excluding hydrogens is 395 g/mol. The van der Waals surface area contributed by atoms with E-state index in [4.69, 9.17) is 4.98 Å². The van der Waals surface area contributed by atoms with Gasteiger partial charge in [-0.05, 0) is 52.4 Å². The van der Waals surface area contributed by atoms with Crippen molar-refractivity contribution in [2.24, 2.45) is 0 Å². The van der Waals surface area contributed by atoms with Crippen LogP contribution in [0.15, 0.2) is 35.5 Å². The maximum atomic E-state index is 14.5. The van der Waals surface area contributed by atoms with E-state index in [0.717, 1.165) is 43.9 Å². The molecule has 0 bridgehead atoms. The van der Waals surface area contributed by atoms with E-state index >= 15 is 0 Å². The lowest BCUT2D eigenvalue weighted by Gasteiger charge is -2.30. The number of halogens is 1. The Morgan fingerprint density at radius 2 is 1.81 bits per heavy atom. The Kier molecular flexibility index (Phi) is 4.81. The number of likely N-dealkylation sites (tertiary alicyclic amines) is 1. The first-order chi connectivity index (χ1) is 14.9. The molecule has 0 spiro atoms. The average molecular weight is 420 g/mol. The zero-order valence-electron chi connectivity index (χ0n) is 18.0. The van der Waals surface area contributed by atoms with Crippen molar-refractivity contribution in [2.45, 2.75) is 39.5 Å². The minimum absolute atomic E-state index is 0.194. The van der Waals surface area contributed by atoms with Gasteiger partial charge in [-0.1, -0.05) is 6.92 Å². The summed E-state index contributed by atoms with van der Waals surface area (Å²) < 4.78 is 17.7. The molecule has 0 atom stereocenters. The quantitative estimate of drug-likeness (QED) is 0.508.